The minimum atomic E-state index is 0. The Morgan fingerprint density at radius 2 is 1.86 bits per heavy atom. The molecule has 1 radical (unpaired) electrons. The first kappa shape index (κ1) is 26.4. The van der Waals surface area contributed by atoms with Crippen molar-refractivity contribution in [2.24, 2.45) is 0 Å². The smallest absolute Gasteiger partial charge is 1.00 e. The third-order valence-corrected chi connectivity index (χ3v) is 6.87. The first-order chi connectivity index (χ1) is 12.7. The van der Waals surface area contributed by atoms with Crippen LogP contribution in [0.5, 0.6) is 0 Å². The Balaban J connectivity index is 0.000000302. The van der Waals surface area contributed by atoms with Crippen LogP contribution in [0.3, 0.4) is 0 Å². The van der Waals surface area contributed by atoms with E-state index in [1.165, 1.54) is 63.3 Å². The fraction of sp³-hybridized carbons (Fsp3) is 0.167. The van der Waals surface area contributed by atoms with Crippen molar-refractivity contribution in [3.8, 4) is 10.4 Å². The fourth-order valence-electron chi connectivity index (χ4n) is 3.30. The molecule has 0 amide bonds. The van der Waals surface area contributed by atoms with Gasteiger partial charge in [-0.1, -0.05) is 64.0 Å². The molecule has 0 fully saturated rings. The number of aryl methyl sites for hydroxylation is 1. The molecule has 0 atom stereocenters. The van der Waals surface area contributed by atoms with Crippen LogP contribution in [-0.4, -0.2) is 5.29 Å². The van der Waals surface area contributed by atoms with E-state index in [2.05, 4.69) is 86.7 Å². The predicted molar refractivity (Wildman–Crippen MR) is 120 cm³/mol. The maximum atomic E-state index is 2.29. The summed E-state index contributed by atoms with van der Waals surface area (Å²) in [6, 6.07) is 17.7. The summed E-state index contributed by atoms with van der Waals surface area (Å²) in [4.78, 5) is 2.89. The van der Waals surface area contributed by atoms with Crippen molar-refractivity contribution < 1.29 is 51.0 Å². The van der Waals surface area contributed by atoms with Crippen molar-refractivity contribution in [2.45, 2.75) is 26.7 Å². The van der Waals surface area contributed by atoms with Crippen LogP contribution in [0.4, 0.5) is 0 Å². The van der Waals surface area contributed by atoms with Gasteiger partial charge in [-0.3, -0.25) is 0 Å². The molecule has 1 aliphatic heterocycles. The Labute approximate surface area is 210 Å². The van der Waals surface area contributed by atoms with E-state index in [0.29, 0.717) is 0 Å². The van der Waals surface area contributed by atoms with Gasteiger partial charge in [-0.2, -0.15) is 11.3 Å². The van der Waals surface area contributed by atoms with Gasteiger partial charge in [0.15, 0.2) is 0 Å². The molecule has 3 aromatic rings. The van der Waals surface area contributed by atoms with Gasteiger partial charge in [0, 0.05) is 5.31 Å². The molecule has 5 rings (SSSR count). The Kier molecular flexibility index (Phi) is 11.2. The first-order valence-corrected chi connectivity index (χ1v) is 10.8. The normalized spacial score (nSPS) is 13.7. The number of hydrogen-bond acceptors (Lipinski definition) is 1. The van der Waals surface area contributed by atoms with Crippen molar-refractivity contribution in [1.29, 1.82) is 0 Å². The van der Waals surface area contributed by atoms with E-state index in [1.54, 1.807) is 0 Å². The molecule has 2 aromatic carbocycles. The number of thiophene rings is 1. The van der Waals surface area contributed by atoms with Crippen molar-refractivity contribution in [3.05, 3.63) is 88.6 Å². The molecule has 2 heterocycles. The Morgan fingerprint density at radius 3 is 2.59 bits per heavy atom. The van der Waals surface area contributed by atoms with Crippen LogP contribution >= 0.6 is 19.5 Å². The van der Waals surface area contributed by atoms with E-state index in [0.717, 1.165) is 0 Å². The van der Waals surface area contributed by atoms with Crippen LogP contribution in [-0.2, 0) is 32.6 Å². The summed E-state index contributed by atoms with van der Waals surface area (Å²) < 4.78 is 0. The summed E-state index contributed by atoms with van der Waals surface area (Å²) in [6.45, 7) is 4.40. The zero-order valence-electron chi connectivity index (χ0n) is 16.5. The minimum Gasteiger partial charge on any atom is -1.00 e. The monoisotopic (exact) mass is 533 g/mol. The predicted octanol–water partition coefficient (Wildman–Crippen LogP) is 1.76. The van der Waals surface area contributed by atoms with Gasteiger partial charge in [0.25, 0.3) is 0 Å². The van der Waals surface area contributed by atoms with Gasteiger partial charge in [0.05, 0.1) is 0 Å². The first-order valence-electron chi connectivity index (χ1n) is 9.13. The molecule has 1 aliphatic carbocycles. The van der Waals surface area contributed by atoms with Gasteiger partial charge in [-0.15, -0.1) is 34.5 Å². The summed E-state index contributed by atoms with van der Waals surface area (Å²) >= 11 is 1.93. The van der Waals surface area contributed by atoms with Crippen LogP contribution in [0, 0.1) is 0 Å². The summed E-state index contributed by atoms with van der Waals surface area (Å²) in [5, 5.41) is 5.61. The minimum absolute atomic E-state index is 0. The molecule has 5 heteroatoms. The second kappa shape index (κ2) is 12.3. The summed E-state index contributed by atoms with van der Waals surface area (Å²) in [5.41, 5.74) is 2.77. The maximum absolute atomic E-state index is 2.29. The largest absolute Gasteiger partial charge is 3.00 e. The van der Waals surface area contributed by atoms with Gasteiger partial charge in [-0.05, 0) is 46.1 Å². The molecule has 0 saturated heterocycles. The molecular weight excluding hydrogens is 513 g/mol. The SMILES string of the molecule is CC1=PC2=CC=CC2=C1.CCCc1ccc(-c2cc3ccccc3[cH-]2)s1.[Cl-].[Cl-].[Zr+3]. The standard InChI is InChI=1S/C16H15S.C8H7P.2ClH.Zr/c1-2-5-15-8-9-16(17-15)14-10-12-6-3-4-7-13(12)11-14;1-6-5-7-3-2-4-8(7)9-6;;;/h3-4,6-11H,2,5H2,1H3;2-5H,1H3;2*1H;/q-1;;;;+3/p-2. The van der Waals surface area contributed by atoms with Gasteiger partial charge >= 0.3 is 26.2 Å². The number of benzene rings is 1. The van der Waals surface area contributed by atoms with Crippen molar-refractivity contribution in [2.75, 3.05) is 0 Å². The molecule has 0 spiro atoms. The number of fused-ring (bicyclic) bond motifs is 2. The average molecular weight is 536 g/mol. The van der Waals surface area contributed by atoms with Crippen LogP contribution in [0.15, 0.2) is 83.7 Å². The molecule has 29 heavy (non-hydrogen) atoms. The van der Waals surface area contributed by atoms with Crippen LogP contribution < -0.4 is 24.8 Å². The zero-order chi connectivity index (χ0) is 17.9. The topological polar surface area (TPSA) is 0 Å². The maximum Gasteiger partial charge on any atom is 3.00 e. The second-order valence-electron chi connectivity index (χ2n) is 6.65. The molecule has 0 unspecified atom stereocenters. The average Bonchev–Trinajstić information content (AvgIpc) is 3.37. The molecule has 0 N–H and O–H groups in total. The van der Waals surface area contributed by atoms with Crippen LogP contribution in [0.25, 0.3) is 21.2 Å². The van der Waals surface area contributed by atoms with E-state index < -0.39 is 0 Å². The van der Waals surface area contributed by atoms with Crippen molar-refractivity contribution in [1.82, 2.24) is 0 Å². The van der Waals surface area contributed by atoms with E-state index in [1.807, 2.05) is 11.3 Å². The quantitative estimate of drug-likeness (QED) is 0.355. The third-order valence-electron chi connectivity index (χ3n) is 4.55. The fourth-order valence-corrected chi connectivity index (χ4v) is 5.41. The molecule has 0 saturated carbocycles. The summed E-state index contributed by atoms with van der Waals surface area (Å²) in [6.07, 6.45) is 11.1. The number of rotatable bonds is 3. The van der Waals surface area contributed by atoms with E-state index in [4.69, 9.17) is 0 Å². The third kappa shape index (κ3) is 6.43. The van der Waals surface area contributed by atoms with E-state index in [9.17, 15) is 0 Å². The summed E-state index contributed by atoms with van der Waals surface area (Å²) in [7, 11) is 1.40. The molecular formula is C24H22Cl2PSZr. The molecule has 0 bridgehead atoms. The van der Waals surface area contributed by atoms with Gasteiger partial charge in [0.1, 0.15) is 0 Å². The molecule has 1 aromatic heterocycles. The van der Waals surface area contributed by atoms with Crippen molar-refractivity contribution >= 4 is 35.6 Å². The van der Waals surface area contributed by atoms with Gasteiger partial charge < -0.3 is 24.8 Å². The van der Waals surface area contributed by atoms with Gasteiger partial charge in [0.2, 0.25) is 0 Å². The van der Waals surface area contributed by atoms with Crippen molar-refractivity contribution in [3.63, 3.8) is 0 Å². The second-order valence-corrected chi connectivity index (χ2v) is 9.23. The number of halogens is 2. The van der Waals surface area contributed by atoms with Gasteiger partial charge in [-0.25, -0.2) is 0 Å². The Morgan fingerprint density at radius 1 is 1.07 bits per heavy atom. The zero-order valence-corrected chi connectivity index (χ0v) is 22.1. The summed E-state index contributed by atoms with van der Waals surface area (Å²) in [5.74, 6) is 0. The van der Waals surface area contributed by atoms with Crippen LogP contribution in [0.1, 0.15) is 25.1 Å². The van der Waals surface area contributed by atoms with Crippen LogP contribution in [0.2, 0.25) is 0 Å². The Hall–Kier alpha value is -0.617. The number of hydrogen-bond donors (Lipinski definition) is 0. The number of allylic oxidation sites excluding steroid dienone is 6. The molecule has 147 valence electrons. The molecule has 0 nitrogen and oxygen atoms in total. The molecule has 2 aliphatic rings. The van der Waals surface area contributed by atoms with E-state index in [-0.39, 0.29) is 51.0 Å². The van der Waals surface area contributed by atoms with E-state index >= 15 is 0 Å². The Bertz CT molecular complexity index is 1040.